The van der Waals surface area contributed by atoms with Gasteiger partial charge in [0.05, 0.1) is 12.8 Å². The lowest BCUT2D eigenvalue weighted by Gasteiger charge is -2.21. The van der Waals surface area contributed by atoms with Gasteiger partial charge in [-0.3, -0.25) is 9.55 Å². The molecular weight excluding hydrogens is 319 g/mol. The van der Waals surface area contributed by atoms with E-state index in [1.165, 1.54) is 0 Å². The summed E-state index contributed by atoms with van der Waals surface area (Å²) in [6, 6.07) is 3.49. The molecule has 3 heterocycles. The molecule has 0 bridgehead atoms. The monoisotopic (exact) mass is 338 g/mol. The lowest BCUT2D eigenvalue weighted by molar-refractivity contribution is 0.412. The summed E-state index contributed by atoms with van der Waals surface area (Å²) in [6.45, 7) is 3.93. The summed E-state index contributed by atoms with van der Waals surface area (Å²) >= 11 is 0. The fourth-order valence-corrected chi connectivity index (χ4v) is 3.51. The van der Waals surface area contributed by atoms with Crippen molar-refractivity contribution in [3.05, 3.63) is 53.1 Å². The molecule has 0 saturated heterocycles. The predicted molar refractivity (Wildman–Crippen MR) is 92.6 cm³/mol. The quantitative estimate of drug-likeness (QED) is 0.734. The molecule has 0 N–H and O–H groups in total. The van der Waals surface area contributed by atoms with Crippen molar-refractivity contribution in [1.82, 2.24) is 19.7 Å². The maximum atomic E-state index is 15.0. The van der Waals surface area contributed by atoms with Crippen LogP contribution in [0.15, 0.2) is 24.5 Å². The summed E-state index contributed by atoms with van der Waals surface area (Å²) in [4.78, 5) is 4.21. The van der Waals surface area contributed by atoms with Gasteiger partial charge in [-0.15, -0.1) is 10.2 Å². The zero-order chi connectivity index (χ0) is 17.6. The molecule has 0 amide bonds. The first-order valence-corrected chi connectivity index (χ1v) is 8.39. The minimum absolute atomic E-state index is 0.298. The van der Waals surface area contributed by atoms with E-state index >= 15 is 4.39 Å². The largest absolute Gasteiger partial charge is 0.496 e. The lowest BCUT2D eigenvalue weighted by atomic mass is 9.96. The number of halogens is 1. The van der Waals surface area contributed by atoms with Gasteiger partial charge in [0.15, 0.2) is 0 Å². The Labute approximate surface area is 145 Å². The minimum atomic E-state index is -0.298. The second-order valence-corrected chi connectivity index (χ2v) is 6.22. The van der Waals surface area contributed by atoms with Gasteiger partial charge in [-0.1, -0.05) is 6.92 Å². The van der Waals surface area contributed by atoms with E-state index in [1.807, 2.05) is 24.5 Å². The van der Waals surface area contributed by atoms with Crippen molar-refractivity contribution in [3.8, 4) is 22.6 Å². The van der Waals surface area contributed by atoms with Crippen LogP contribution in [0.25, 0.3) is 16.8 Å². The zero-order valence-corrected chi connectivity index (χ0v) is 14.5. The van der Waals surface area contributed by atoms with Gasteiger partial charge in [-0.2, -0.15) is 0 Å². The van der Waals surface area contributed by atoms with Crippen LogP contribution >= 0.6 is 0 Å². The van der Waals surface area contributed by atoms with Gasteiger partial charge in [-0.25, -0.2) is 4.39 Å². The summed E-state index contributed by atoms with van der Waals surface area (Å²) in [5, 5.41) is 8.46. The van der Waals surface area contributed by atoms with E-state index in [1.54, 1.807) is 25.6 Å². The summed E-state index contributed by atoms with van der Waals surface area (Å²) in [7, 11) is 1.60. The lowest BCUT2D eigenvalue weighted by Crippen LogP contribution is -2.15. The smallest absolute Gasteiger partial charge is 0.137 e. The minimum Gasteiger partial charge on any atom is -0.496 e. The Morgan fingerprint density at radius 2 is 2.00 bits per heavy atom. The Hall–Kier alpha value is -2.76. The molecule has 0 unspecified atom stereocenters. The summed E-state index contributed by atoms with van der Waals surface area (Å²) in [5.41, 5.74) is 3.99. The second-order valence-electron chi connectivity index (χ2n) is 6.22. The number of fused-ring (bicyclic) bond motifs is 3. The first-order valence-electron chi connectivity index (χ1n) is 8.39. The number of hydrogen-bond donors (Lipinski definition) is 0. The fourth-order valence-electron chi connectivity index (χ4n) is 3.51. The highest BCUT2D eigenvalue weighted by atomic mass is 19.1. The molecule has 128 valence electrons. The summed E-state index contributed by atoms with van der Waals surface area (Å²) in [6.07, 6.45) is 5.74. The van der Waals surface area contributed by atoms with E-state index in [0.717, 1.165) is 47.7 Å². The van der Waals surface area contributed by atoms with Gasteiger partial charge < -0.3 is 4.74 Å². The third-order valence-electron chi connectivity index (χ3n) is 4.71. The van der Waals surface area contributed by atoms with Crippen molar-refractivity contribution in [2.75, 3.05) is 7.11 Å². The second kappa shape index (κ2) is 5.95. The van der Waals surface area contributed by atoms with Crippen molar-refractivity contribution >= 4 is 0 Å². The Balaban J connectivity index is 1.92. The van der Waals surface area contributed by atoms with Crippen LogP contribution < -0.4 is 4.74 Å². The number of ether oxygens (including phenoxy) is 1. The highest BCUT2D eigenvalue weighted by Crippen LogP contribution is 2.37. The van der Waals surface area contributed by atoms with Gasteiger partial charge >= 0.3 is 0 Å². The number of hydrogen-bond acceptors (Lipinski definition) is 4. The molecular formula is C19H19FN4O. The predicted octanol–water partition coefficient (Wildman–Crippen LogP) is 3.45. The van der Waals surface area contributed by atoms with E-state index in [2.05, 4.69) is 15.2 Å². The number of pyridine rings is 1. The van der Waals surface area contributed by atoms with Crippen LogP contribution in [-0.2, 0) is 19.3 Å². The molecule has 0 radical (unpaired) electrons. The average Bonchev–Trinajstić information content (AvgIpc) is 3.04. The molecule has 0 atom stereocenters. The van der Waals surface area contributed by atoms with E-state index in [-0.39, 0.29) is 5.82 Å². The van der Waals surface area contributed by atoms with Gasteiger partial charge in [0.25, 0.3) is 0 Å². The van der Waals surface area contributed by atoms with Crippen LogP contribution in [0.5, 0.6) is 5.75 Å². The number of rotatable bonds is 3. The molecule has 6 heteroatoms. The first kappa shape index (κ1) is 15.7. The topological polar surface area (TPSA) is 52.8 Å². The van der Waals surface area contributed by atoms with Crippen molar-refractivity contribution in [2.24, 2.45) is 0 Å². The molecule has 0 aliphatic carbocycles. The van der Waals surface area contributed by atoms with E-state index in [4.69, 9.17) is 4.74 Å². The van der Waals surface area contributed by atoms with Crippen molar-refractivity contribution in [3.63, 3.8) is 0 Å². The number of methoxy groups -OCH3 is 1. The number of aromatic nitrogens is 4. The maximum Gasteiger partial charge on any atom is 0.137 e. The molecule has 1 aromatic carbocycles. The Bertz CT molecular complexity index is 951. The highest BCUT2D eigenvalue weighted by Gasteiger charge is 2.24. The number of nitrogens with zero attached hydrogens (tertiary/aromatic N) is 4. The number of aryl methyl sites for hydroxylation is 4. The van der Waals surface area contributed by atoms with Gasteiger partial charge in [-0.05, 0) is 31.0 Å². The highest BCUT2D eigenvalue weighted by molar-refractivity contribution is 5.74. The van der Waals surface area contributed by atoms with Crippen molar-refractivity contribution in [2.45, 2.75) is 33.1 Å². The Kier molecular flexibility index (Phi) is 3.75. The van der Waals surface area contributed by atoms with Gasteiger partial charge in [0, 0.05) is 41.9 Å². The van der Waals surface area contributed by atoms with Gasteiger partial charge in [0.2, 0.25) is 0 Å². The molecule has 0 saturated carbocycles. The molecule has 1 aliphatic heterocycles. The molecule has 0 spiro atoms. The van der Waals surface area contributed by atoms with E-state index in [0.29, 0.717) is 16.9 Å². The van der Waals surface area contributed by atoms with Crippen molar-refractivity contribution in [1.29, 1.82) is 0 Å². The molecule has 2 aromatic heterocycles. The fraction of sp³-hybridized carbons (Fsp3) is 0.316. The molecule has 0 fully saturated rings. The molecule has 4 rings (SSSR count). The van der Waals surface area contributed by atoms with Gasteiger partial charge in [0.1, 0.15) is 23.2 Å². The Morgan fingerprint density at radius 3 is 2.76 bits per heavy atom. The zero-order valence-electron chi connectivity index (χ0n) is 14.5. The normalized spacial score (nSPS) is 12.6. The van der Waals surface area contributed by atoms with Crippen molar-refractivity contribution < 1.29 is 9.13 Å². The number of benzene rings is 1. The third kappa shape index (κ3) is 2.40. The summed E-state index contributed by atoms with van der Waals surface area (Å²) in [5.74, 6) is 2.11. The SMILES string of the molecule is CCc1nnc2n1-c1cc(F)c(-c3cncc(C)c3OC)cc1CC2. The summed E-state index contributed by atoms with van der Waals surface area (Å²) < 4.78 is 22.5. The standard InChI is InChI=1S/C19H19FN4O/c1-4-17-22-23-18-6-5-12-7-13(15(20)8-16(12)24(17)18)14-10-21-9-11(2)19(14)25-3/h7-10H,4-6H2,1-3H3. The first-order chi connectivity index (χ1) is 12.1. The van der Waals surface area contributed by atoms with E-state index in [9.17, 15) is 0 Å². The Morgan fingerprint density at radius 1 is 1.16 bits per heavy atom. The maximum absolute atomic E-state index is 15.0. The van der Waals surface area contributed by atoms with Crippen LogP contribution in [0, 0.1) is 12.7 Å². The molecule has 3 aromatic rings. The van der Waals surface area contributed by atoms with Crippen LogP contribution in [0.1, 0.15) is 29.7 Å². The molecule has 25 heavy (non-hydrogen) atoms. The van der Waals surface area contributed by atoms with Crippen LogP contribution in [-0.4, -0.2) is 26.9 Å². The molecule has 5 nitrogen and oxygen atoms in total. The molecule has 1 aliphatic rings. The average molecular weight is 338 g/mol. The van der Waals surface area contributed by atoms with E-state index < -0.39 is 0 Å². The van der Waals surface area contributed by atoms with Crippen LogP contribution in [0.4, 0.5) is 4.39 Å². The third-order valence-corrected chi connectivity index (χ3v) is 4.71. The van der Waals surface area contributed by atoms with Crippen LogP contribution in [0.2, 0.25) is 0 Å². The van der Waals surface area contributed by atoms with Crippen LogP contribution in [0.3, 0.4) is 0 Å².